The zero-order valence-electron chi connectivity index (χ0n) is 13.8. The second kappa shape index (κ2) is 5.62. The summed E-state index contributed by atoms with van der Waals surface area (Å²) in [6.45, 7) is 7.03. The van der Waals surface area contributed by atoms with Gasteiger partial charge in [-0.05, 0) is 55.7 Å². The summed E-state index contributed by atoms with van der Waals surface area (Å²) in [5.74, 6) is 0.807. The Bertz CT molecular complexity index is 466. The number of methoxy groups -OCH3 is 1. The monoisotopic (exact) mass is 291 g/mol. The van der Waals surface area contributed by atoms with Crippen molar-refractivity contribution in [3.05, 3.63) is 29.8 Å². The van der Waals surface area contributed by atoms with Crippen LogP contribution in [0.25, 0.3) is 0 Å². The second-order valence-corrected chi connectivity index (χ2v) is 7.45. The van der Waals surface area contributed by atoms with E-state index in [9.17, 15) is 5.11 Å². The molecule has 3 nitrogen and oxygen atoms in total. The van der Waals surface area contributed by atoms with Crippen LogP contribution in [0.15, 0.2) is 24.3 Å². The molecule has 0 amide bonds. The molecule has 1 aromatic carbocycles. The normalized spacial score (nSPS) is 23.3. The molecule has 1 aliphatic carbocycles. The van der Waals surface area contributed by atoms with Crippen molar-refractivity contribution in [2.75, 3.05) is 13.7 Å². The van der Waals surface area contributed by atoms with E-state index in [0.717, 1.165) is 37.0 Å². The molecule has 1 atom stereocenters. The number of hydrogen-bond donors (Lipinski definition) is 2. The molecule has 3 heteroatoms. The molecular formula is C18H29NO2. The molecule has 0 aliphatic heterocycles. The zero-order valence-corrected chi connectivity index (χ0v) is 13.8. The van der Waals surface area contributed by atoms with Gasteiger partial charge in [-0.25, -0.2) is 0 Å². The standard InChI is InChI=1S/C18H29NO2/c1-16(2)9-11-18(13-19,12-10-16)17(3,20)14-5-7-15(21-4)8-6-14/h5-8,20H,9-13,19H2,1-4H3. The van der Waals surface area contributed by atoms with E-state index in [-0.39, 0.29) is 5.41 Å². The van der Waals surface area contributed by atoms with Gasteiger partial charge in [-0.2, -0.15) is 0 Å². The highest BCUT2D eigenvalue weighted by atomic mass is 16.5. The summed E-state index contributed by atoms with van der Waals surface area (Å²) in [6.07, 6.45) is 4.15. The molecule has 0 bridgehead atoms. The third kappa shape index (κ3) is 2.95. The van der Waals surface area contributed by atoms with E-state index >= 15 is 0 Å². The predicted molar refractivity (Wildman–Crippen MR) is 86.3 cm³/mol. The van der Waals surface area contributed by atoms with Crippen LogP contribution in [0.1, 0.15) is 52.0 Å². The van der Waals surface area contributed by atoms with Gasteiger partial charge in [0.05, 0.1) is 12.7 Å². The summed E-state index contributed by atoms with van der Waals surface area (Å²) < 4.78 is 5.20. The van der Waals surface area contributed by atoms with Crippen molar-refractivity contribution in [1.29, 1.82) is 0 Å². The first-order valence-electron chi connectivity index (χ1n) is 7.83. The molecule has 1 aromatic rings. The molecule has 1 unspecified atom stereocenters. The maximum atomic E-state index is 11.3. The molecule has 0 heterocycles. The topological polar surface area (TPSA) is 55.5 Å². The van der Waals surface area contributed by atoms with Gasteiger partial charge in [0.1, 0.15) is 5.75 Å². The van der Waals surface area contributed by atoms with Crippen molar-refractivity contribution >= 4 is 0 Å². The lowest BCUT2D eigenvalue weighted by atomic mass is 9.57. The van der Waals surface area contributed by atoms with Crippen molar-refractivity contribution in [3.8, 4) is 5.75 Å². The molecule has 1 fully saturated rings. The Morgan fingerprint density at radius 2 is 1.67 bits per heavy atom. The molecule has 3 N–H and O–H groups in total. The summed E-state index contributed by atoms with van der Waals surface area (Å²) in [6, 6.07) is 7.72. The van der Waals surface area contributed by atoms with Gasteiger partial charge in [0.2, 0.25) is 0 Å². The van der Waals surface area contributed by atoms with E-state index < -0.39 is 5.60 Å². The average molecular weight is 291 g/mol. The van der Waals surface area contributed by atoms with Gasteiger partial charge in [0.25, 0.3) is 0 Å². The summed E-state index contributed by atoms with van der Waals surface area (Å²) >= 11 is 0. The Hall–Kier alpha value is -1.06. The molecule has 1 aliphatic rings. The van der Waals surface area contributed by atoms with Crippen LogP contribution in [0.4, 0.5) is 0 Å². The molecule has 118 valence electrons. The maximum Gasteiger partial charge on any atom is 0.118 e. The highest BCUT2D eigenvalue weighted by Gasteiger charge is 2.50. The summed E-state index contributed by atoms with van der Waals surface area (Å²) in [5, 5.41) is 11.3. The van der Waals surface area contributed by atoms with Gasteiger partial charge in [-0.1, -0.05) is 26.0 Å². The van der Waals surface area contributed by atoms with E-state index in [4.69, 9.17) is 10.5 Å². The third-order valence-electron chi connectivity index (χ3n) is 5.64. The quantitative estimate of drug-likeness (QED) is 0.893. The predicted octanol–water partition coefficient (Wildman–Crippen LogP) is 3.45. The fourth-order valence-electron chi connectivity index (χ4n) is 3.52. The van der Waals surface area contributed by atoms with E-state index in [1.54, 1.807) is 7.11 Å². The van der Waals surface area contributed by atoms with Crippen LogP contribution < -0.4 is 10.5 Å². The summed E-state index contributed by atoms with van der Waals surface area (Å²) in [7, 11) is 1.65. The lowest BCUT2D eigenvalue weighted by Crippen LogP contribution is -2.51. The van der Waals surface area contributed by atoms with Crippen LogP contribution in [0, 0.1) is 10.8 Å². The number of benzene rings is 1. The van der Waals surface area contributed by atoms with Gasteiger partial charge in [0.15, 0.2) is 0 Å². The number of ether oxygens (including phenoxy) is 1. The summed E-state index contributed by atoms with van der Waals surface area (Å²) in [5.41, 5.74) is 6.25. The van der Waals surface area contributed by atoms with Crippen LogP contribution in [-0.2, 0) is 5.60 Å². The van der Waals surface area contributed by atoms with E-state index in [1.807, 2.05) is 31.2 Å². The lowest BCUT2D eigenvalue weighted by molar-refractivity contribution is -0.105. The van der Waals surface area contributed by atoms with E-state index in [1.165, 1.54) is 0 Å². The average Bonchev–Trinajstić information content (AvgIpc) is 2.47. The zero-order chi connectivity index (χ0) is 15.7. The molecule has 1 saturated carbocycles. The van der Waals surface area contributed by atoms with Crippen molar-refractivity contribution in [2.45, 2.75) is 52.1 Å². The van der Waals surface area contributed by atoms with Crippen LogP contribution in [-0.4, -0.2) is 18.8 Å². The molecule has 0 spiro atoms. The smallest absolute Gasteiger partial charge is 0.118 e. The molecular weight excluding hydrogens is 262 g/mol. The van der Waals surface area contributed by atoms with E-state index in [0.29, 0.717) is 12.0 Å². The number of aliphatic hydroxyl groups is 1. The molecule has 21 heavy (non-hydrogen) atoms. The molecule has 0 aromatic heterocycles. The Morgan fingerprint density at radius 3 is 2.10 bits per heavy atom. The van der Waals surface area contributed by atoms with Crippen LogP contribution in [0.3, 0.4) is 0 Å². The Kier molecular flexibility index (Phi) is 4.36. The fourth-order valence-corrected chi connectivity index (χ4v) is 3.52. The Labute approximate surface area is 128 Å². The molecule has 0 saturated heterocycles. The first-order chi connectivity index (χ1) is 9.76. The Balaban J connectivity index is 2.30. The van der Waals surface area contributed by atoms with Gasteiger partial charge in [-0.3, -0.25) is 0 Å². The highest BCUT2D eigenvalue weighted by molar-refractivity contribution is 5.32. The SMILES string of the molecule is COc1ccc(C(C)(O)C2(CN)CCC(C)(C)CC2)cc1. The minimum atomic E-state index is -0.912. The minimum Gasteiger partial charge on any atom is -0.497 e. The third-order valence-corrected chi connectivity index (χ3v) is 5.64. The molecule has 0 radical (unpaired) electrons. The van der Waals surface area contributed by atoms with Gasteiger partial charge in [-0.15, -0.1) is 0 Å². The van der Waals surface area contributed by atoms with Crippen molar-refractivity contribution < 1.29 is 9.84 Å². The Morgan fingerprint density at radius 1 is 1.14 bits per heavy atom. The number of rotatable bonds is 4. The first-order valence-corrected chi connectivity index (χ1v) is 7.83. The minimum absolute atomic E-state index is 0.239. The van der Waals surface area contributed by atoms with Gasteiger partial charge < -0.3 is 15.6 Å². The van der Waals surface area contributed by atoms with E-state index in [2.05, 4.69) is 13.8 Å². The largest absolute Gasteiger partial charge is 0.497 e. The second-order valence-electron chi connectivity index (χ2n) is 7.45. The van der Waals surface area contributed by atoms with Crippen molar-refractivity contribution in [1.82, 2.24) is 0 Å². The van der Waals surface area contributed by atoms with Gasteiger partial charge in [0, 0.05) is 12.0 Å². The maximum absolute atomic E-state index is 11.3. The van der Waals surface area contributed by atoms with Crippen LogP contribution in [0.2, 0.25) is 0 Å². The highest BCUT2D eigenvalue weighted by Crippen LogP contribution is 2.53. The van der Waals surface area contributed by atoms with Crippen molar-refractivity contribution in [3.63, 3.8) is 0 Å². The summed E-state index contributed by atoms with van der Waals surface area (Å²) in [4.78, 5) is 0. The molecule has 2 rings (SSSR count). The van der Waals surface area contributed by atoms with Gasteiger partial charge >= 0.3 is 0 Å². The van der Waals surface area contributed by atoms with Crippen LogP contribution in [0.5, 0.6) is 5.75 Å². The fraction of sp³-hybridized carbons (Fsp3) is 0.667. The van der Waals surface area contributed by atoms with Crippen molar-refractivity contribution in [2.24, 2.45) is 16.6 Å². The number of hydrogen-bond acceptors (Lipinski definition) is 3. The first kappa shape index (κ1) is 16.3. The lowest BCUT2D eigenvalue weighted by Gasteiger charge is -2.51. The number of nitrogens with two attached hydrogens (primary N) is 1. The van der Waals surface area contributed by atoms with Crippen LogP contribution >= 0.6 is 0 Å².